The summed E-state index contributed by atoms with van der Waals surface area (Å²) < 4.78 is 11.9. The second-order valence-corrected chi connectivity index (χ2v) is 11.0. The molecule has 2 aromatic heterocycles. The quantitative estimate of drug-likeness (QED) is 0.175. The van der Waals surface area contributed by atoms with Crippen molar-refractivity contribution in [2.75, 3.05) is 11.9 Å². The number of carbonyl (C=O) groups excluding carboxylic acids is 4. The van der Waals surface area contributed by atoms with Gasteiger partial charge in [-0.2, -0.15) is 5.10 Å². The minimum Gasteiger partial charge on any atom is -0.457 e. The number of esters is 1. The van der Waals surface area contributed by atoms with Crippen molar-refractivity contribution in [2.45, 2.75) is 71.4 Å². The fourth-order valence-electron chi connectivity index (χ4n) is 3.05. The topological polar surface area (TPSA) is 188 Å². The number of amides is 3. The summed E-state index contributed by atoms with van der Waals surface area (Å²) in [5.41, 5.74) is -1.74. The number of hydrogen-bond donors (Lipinski definition) is 3. The number of carbonyl (C=O) groups is 4. The predicted octanol–water partition coefficient (Wildman–Crippen LogP) is 0.827. The molecule has 1 fully saturated rings. The first kappa shape index (κ1) is 28.5. The molecule has 3 N–H and O–H groups in total. The minimum atomic E-state index is -0.888. The van der Waals surface area contributed by atoms with Crippen molar-refractivity contribution >= 4 is 46.1 Å². The van der Waals surface area contributed by atoms with Crippen molar-refractivity contribution in [1.29, 1.82) is 0 Å². The van der Waals surface area contributed by atoms with Crippen molar-refractivity contribution in [3.05, 3.63) is 23.7 Å². The smallest absolute Gasteiger partial charge is 0.413 e. The van der Waals surface area contributed by atoms with Crippen molar-refractivity contribution < 1.29 is 33.5 Å². The molecular formula is C22H30N8O7S. The maximum absolute atomic E-state index is 13.2. The molecular weight excluding hydrogens is 520 g/mol. The molecule has 0 spiro atoms. The van der Waals surface area contributed by atoms with Crippen LogP contribution in [0.15, 0.2) is 23.2 Å². The Morgan fingerprint density at radius 2 is 1.87 bits per heavy atom. The van der Waals surface area contributed by atoms with E-state index in [2.05, 4.69) is 36.2 Å². The van der Waals surface area contributed by atoms with E-state index in [1.807, 2.05) is 0 Å². The summed E-state index contributed by atoms with van der Waals surface area (Å²) in [5.74, 6) is -1.88. The SMILES string of the molecule is CC(C)(C)OC(=O)CON=C(C(=O)N[C@@H]1C(=O)N[C@@H]1Cn1cncn1)c1csc(NC(=O)OC(C)(C)C)n1. The molecule has 0 aromatic carbocycles. The van der Waals surface area contributed by atoms with Crippen LogP contribution in [-0.4, -0.2) is 79.2 Å². The van der Waals surface area contributed by atoms with Gasteiger partial charge in [0.2, 0.25) is 12.5 Å². The van der Waals surface area contributed by atoms with Crippen LogP contribution in [0.25, 0.3) is 0 Å². The van der Waals surface area contributed by atoms with E-state index in [9.17, 15) is 19.2 Å². The second kappa shape index (κ2) is 11.5. The Labute approximate surface area is 222 Å². The van der Waals surface area contributed by atoms with Gasteiger partial charge in [-0.3, -0.25) is 19.6 Å². The molecule has 2 atom stereocenters. The number of oxime groups is 1. The molecule has 1 saturated heterocycles. The van der Waals surface area contributed by atoms with E-state index in [1.54, 1.807) is 41.5 Å². The molecule has 0 saturated carbocycles. The molecule has 3 heterocycles. The molecule has 0 unspecified atom stereocenters. The lowest BCUT2D eigenvalue weighted by molar-refractivity contribution is -0.160. The molecule has 3 amide bonds. The van der Waals surface area contributed by atoms with Gasteiger partial charge in [-0.1, -0.05) is 5.16 Å². The molecule has 1 aliphatic rings. The molecule has 3 rings (SSSR count). The van der Waals surface area contributed by atoms with Crippen LogP contribution in [-0.2, 0) is 35.2 Å². The Morgan fingerprint density at radius 3 is 2.47 bits per heavy atom. The van der Waals surface area contributed by atoms with Gasteiger partial charge in [0.05, 0.1) is 12.6 Å². The van der Waals surface area contributed by atoms with E-state index in [1.165, 1.54) is 22.7 Å². The summed E-state index contributed by atoms with van der Waals surface area (Å²) >= 11 is 1.01. The molecule has 15 nitrogen and oxygen atoms in total. The van der Waals surface area contributed by atoms with Crippen LogP contribution < -0.4 is 16.0 Å². The molecule has 16 heteroatoms. The van der Waals surface area contributed by atoms with E-state index in [4.69, 9.17) is 14.3 Å². The maximum Gasteiger partial charge on any atom is 0.413 e. The highest BCUT2D eigenvalue weighted by Gasteiger charge is 2.41. The van der Waals surface area contributed by atoms with Gasteiger partial charge >= 0.3 is 12.1 Å². The molecule has 1 aliphatic heterocycles. The summed E-state index contributed by atoms with van der Waals surface area (Å²) in [5, 5.41) is 17.1. The van der Waals surface area contributed by atoms with Crippen LogP contribution >= 0.6 is 11.3 Å². The van der Waals surface area contributed by atoms with E-state index in [0.717, 1.165) is 11.3 Å². The lowest BCUT2D eigenvalue weighted by Gasteiger charge is -2.36. The lowest BCUT2D eigenvalue weighted by Crippen LogP contribution is -2.70. The fraction of sp³-hybridized carbons (Fsp3) is 0.545. The van der Waals surface area contributed by atoms with E-state index < -0.39 is 53.8 Å². The predicted molar refractivity (Wildman–Crippen MR) is 134 cm³/mol. The van der Waals surface area contributed by atoms with E-state index in [0.29, 0.717) is 0 Å². The number of thiazole rings is 1. The number of anilines is 1. The standard InChI is InChI=1S/C22H30N8O7S/c1-21(2,3)36-14(31)8-35-29-16(13-9-38-19(26-13)28-20(34)37-22(4,5)6)18(33)27-15-12(25-17(15)32)7-30-11-23-10-24-30/h9-12,15H,7-8H2,1-6H3,(H,25,32)(H,27,33)(H,26,28,34)/t12-,15+/m1/s1. The van der Waals surface area contributed by atoms with Crippen molar-refractivity contribution in [1.82, 2.24) is 30.4 Å². The van der Waals surface area contributed by atoms with Gasteiger partial charge in [0.1, 0.15) is 35.6 Å². The Kier molecular flexibility index (Phi) is 8.65. The number of nitrogens with one attached hydrogen (secondary N) is 3. The van der Waals surface area contributed by atoms with Gasteiger partial charge in [-0.05, 0) is 41.5 Å². The maximum atomic E-state index is 13.2. The third kappa shape index (κ3) is 8.50. The highest BCUT2D eigenvalue weighted by molar-refractivity contribution is 7.14. The number of rotatable bonds is 9. The van der Waals surface area contributed by atoms with Crippen molar-refractivity contribution in [3.63, 3.8) is 0 Å². The van der Waals surface area contributed by atoms with Crippen LogP contribution in [0.5, 0.6) is 0 Å². The summed E-state index contributed by atoms with van der Waals surface area (Å²) in [4.78, 5) is 62.6. The van der Waals surface area contributed by atoms with Gasteiger partial charge in [0.15, 0.2) is 10.8 Å². The van der Waals surface area contributed by atoms with E-state index in [-0.39, 0.29) is 23.1 Å². The monoisotopic (exact) mass is 550 g/mol. The zero-order chi connectivity index (χ0) is 28.1. The van der Waals surface area contributed by atoms with Crippen molar-refractivity contribution in [3.8, 4) is 0 Å². The fourth-order valence-corrected chi connectivity index (χ4v) is 3.73. The van der Waals surface area contributed by atoms with Crippen molar-refractivity contribution in [2.24, 2.45) is 5.16 Å². The first-order valence-corrected chi connectivity index (χ1v) is 12.4. The summed E-state index contributed by atoms with van der Waals surface area (Å²) in [6.45, 7) is 9.93. The van der Waals surface area contributed by atoms with Crippen LogP contribution in [0.4, 0.5) is 9.93 Å². The van der Waals surface area contributed by atoms with Crippen LogP contribution in [0, 0.1) is 0 Å². The van der Waals surface area contributed by atoms with Gasteiger partial charge in [-0.15, -0.1) is 11.3 Å². The number of ether oxygens (including phenoxy) is 2. The Morgan fingerprint density at radius 1 is 1.16 bits per heavy atom. The van der Waals surface area contributed by atoms with Crippen LogP contribution in [0.2, 0.25) is 0 Å². The molecule has 38 heavy (non-hydrogen) atoms. The molecule has 206 valence electrons. The highest BCUT2D eigenvalue weighted by atomic mass is 32.1. The van der Waals surface area contributed by atoms with Crippen LogP contribution in [0.3, 0.4) is 0 Å². The number of nitrogens with zero attached hydrogens (tertiary/aromatic N) is 5. The largest absolute Gasteiger partial charge is 0.457 e. The molecule has 2 aromatic rings. The zero-order valence-corrected chi connectivity index (χ0v) is 22.6. The van der Waals surface area contributed by atoms with Gasteiger partial charge in [0.25, 0.3) is 5.91 Å². The van der Waals surface area contributed by atoms with Gasteiger partial charge in [0, 0.05) is 5.38 Å². The third-order valence-corrected chi connectivity index (χ3v) is 5.24. The number of aromatic nitrogens is 4. The van der Waals surface area contributed by atoms with Gasteiger partial charge in [-0.25, -0.2) is 19.6 Å². The Hall–Kier alpha value is -4.08. The Balaban J connectivity index is 1.74. The minimum absolute atomic E-state index is 0.0373. The summed E-state index contributed by atoms with van der Waals surface area (Å²) in [6.07, 6.45) is 2.10. The second-order valence-electron chi connectivity index (χ2n) is 10.1. The Bertz CT molecular complexity index is 1200. The van der Waals surface area contributed by atoms with E-state index >= 15 is 0 Å². The number of β-lactam (4-membered cyclic amide) rings is 1. The zero-order valence-electron chi connectivity index (χ0n) is 21.8. The normalized spacial score (nSPS) is 17.6. The highest BCUT2D eigenvalue weighted by Crippen LogP contribution is 2.19. The molecule has 0 aliphatic carbocycles. The lowest BCUT2D eigenvalue weighted by atomic mass is 9.98. The average molecular weight is 551 g/mol. The molecule has 0 radical (unpaired) electrons. The average Bonchev–Trinajstić information content (AvgIpc) is 3.44. The first-order chi connectivity index (χ1) is 17.7. The first-order valence-electron chi connectivity index (χ1n) is 11.5. The summed E-state index contributed by atoms with van der Waals surface area (Å²) in [7, 11) is 0. The molecule has 0 bridgehead atoms. The summed E-state index contributed by atoms with van der Waals surface area (Å²) in [6, 6.07) is -1.34. The third-order valence-electron chi connectivity index (χ3n) is 4.48. The van der Waals surface area contributed by atoms with Crippen LogP contribution in [0.1, 0.15) is 47.2 Å². The van der Waals surface area contributed by atoms with Gasteiger partial charge < -0.3 is 24.9 Å². The number of hydrogen-bond acceptors (Lipinski definition) is 12.